The first-order chi connectivity index (χ1) is 15.2. The van der Waals surface area contributed by atoms with Gasteiger partial charge in [0.25, 0.3) is 0 Å². The number of hydrogen-bond donors (Lipinski definition) is 1. The average Bonchev–Trinajstić information content (AvgIpc) is 3.14. The fraction of sp³-hybridized carbons (Fsp3) is 0.200. The summed E-state index contributed by atoms with van der Waals surface area (Å²) >= 11 is 1.27. The van der Waals surface area contributed by atoms with E-state index in [0.29, 0.717) is 11.8 Å². The van der Waals surface area contributed by atoms with Gasteiger partial charge in [0.05, 0.1) is 15.5 Å². The standard InChI is InChI=1S/C25H23N2O3S2.K.H2O/c1-25(2,3)27-32(29,30)22-14-13-20(18-11-7-8-12-19(18)22)24-21(26-23(16-28)31-24)15-17-9-5-4-6-10-17;;/h4-14,27H,15H2,1-3H3;;1H2/q-1;+1;/p-1. The smallest absolute Gasteiger partial charge is 0.870 e. The van der Waals surface area contributed by atoms with E-state index in [1.807, 2.05) is 75.6 Å². The topological polar surface area (TPSA) is 106 Å². The van der Waals surface area contributed by atoms with Crippen LogP contribution in [0, 0.1) is 0 Å². The van der Waals surface area contributed by atoms with Crippen LogP contribution < -0.4 is 56.1 Å². The van der Waals surface area contributed by atoms with Gasteiger partial charge in [-0.2, -0.15) is 0 Å². The van der Waals surface area contributed by atoms with Gasteiger partial charge in [-0.25, -0.2) is 19.4 Å². The summed E-state index contributed by atoms with van der Waals surface area (Å²) in [5.41, 5.74) is 2.09. The minimum Gasteiger partial charge on any atom is -0.870 e. The number of benzene rings is 3. The molecule has 0 atom stereocenters. The molecule has 2 N–H and O–H groups in total. The molecule has 4 rings (SSSR count). The van der Waals surface area contributed by atoms with Gasteiger partial charge in [0.1, 0.15) is 0 Å². The molecular formula is C25H24KN2O4S2-. The van der Waals surface area contributed by atoms with E-state index in [1.165, 1.54) is 11.3 Å². The molecule has 0 aliphatic heterocycles. The molecule has 0 aliphatic carbocycles. The summed E-state index contributed by atoms with van der Waals surface area (Å²) in [7, 11) is -3.73. The number of nitrogens with zero attached hydrogens (tertiary/aromatic N) is 1. The van der Waals surface area contributed by atoms with Crippen molar-refractivity contribution in [3.63, 3.8) is 0 Å². The summed E-state index contributed by atoms with van der Waals surface area (Å²) in [5, 5.41) is 1.69. The largest absolute Gasteiger partial charge is 1.00 e. The second-order valence-electron chi connectivity index (χ2n) is 8.57. The van der Waals surface area contributed by atoms with E-state index in [9.17, 15) is 13.2 Å². The quantitative estimate of drug-likeness (QED) is 0.309. The molecular weight excluding hydrogens is 496 g/mol. The van der Waals surface area contributed by atoms with Crippen LogP contribution in [0.2, 0.25) is 0 Å². The Labute approximate surface area is 246 Å². The van der Waals surface area contributed by atoms with Crippen LogP contribution in [0.25, 0.3) is 21.2 Å². The van der Waals surface area contributed by atoms with E-state index >= 15 is 0 Å². The Hall–Kier alpha value is -1.27. The molecule has 0 aliphatic rings. The average molecular weight is 520 g/mol. The van der Waals surface area contributed by atoms with Crippen molar-refractivity contribution in [2.75, 3.05) is 0 Å². The van der Waals surface area contributed by atoms with Crippen molar-refractivity contribution < 1.29 is 70.1 Å². The van der Waals surface area contributed by atoms with E-state index in [0.717, 1.165) is 27.1 Å². The first-order valence-corrected chi connectivity index (χ1v) is 12.5. The van der Waals surface area contributed by atoms with Crippen molar-refractivity contribution in [1.29, 1.82) is 0 Å². The Bertz CT molecular complexity index is 1400. The first kappa shape index (κ1) is 29.0. The number of carbonyl (C=O) groups excluding carboxylic acids is 1. The van der Waals surface area contributed by atoms with Gasteiger partial charge >= 0.3 is 51.4 Å². The Morgan fingerprint density at radius 3 is 2.18 bits per heavy atom. The molecule has 1 heterocycles. The Morgan fingerprint density at radius 2 is 1.56 bits per heavy atom. The molecule has 0 fully saturated rings. The van der Waals surface area contributed by atoms with Gasteiger partial charge in [-0.1, -0.05) is 60.7 Å². The molecule has 0 radical (unpaired) electrons. The van der Waals surface area contributed by atoms with Gasteiger partial charge in [0, 0.05) is 22.9 Å². The zero-order chi connectivity index (χ0) is 22.9. The van der Waals surface area contributed by atoms with Crippen molar-refractivity contribution in [3.05, 3.63) is 83.0 Å². The minimum atomic E-state index is -3.73. The zero-order valence-electron chi connectivity index (χ0n) is 19.5. The maximum Gasteiger partial charge on any atom is 1.00 e. The molecule has 0 bridgehead atoms. The first-order valence-electron chi connectivity index (χ1n) is 10.2. The predicted octanol–water partition coefficient (Wildman–Crippen LogP) is 1.92. The third kappa shape index (κ3) is 6.48. The number of nitrogens with one attached hydrogen (secondary N) is 1. The van der Waals surface area contributed by atoms with Gasteiger partial charge in [-0.15, -0.1) is 11.3 Å². The second-order valence-corrected chi connectivity index (χ2v) is 11.2. The molecule has 0 saturated carbocycles. The van der Waals surface area contributed by atoms with Gasteiger partial charge < -0.3 is 10.3 Å². The normalized spacial score (nSPS) is 11.5. The predicted molar refractivity (Wildman–Crippen MR) is 131 cm³/mol. The molecule has 9 heteroatoms. The summed E-state index contributed by atoms with van der Waals surface area (Å²) in [6.45, 7) is 5.43. The van der Waals surface area contributed by atoms with Crippen LogP contribution in [0.4, 0.5) is 0 Å². The maximum absolute atomic E-state index is 13.1. The SMILES string of the molecule is CC(C)(C)NS(=O)(=O)c1ccc(-c2sc([C-]=O)nc2Cc2ccccc2)c2ccccc12.[K+].[OH-]. The molecule has 1 aromatic heterocycles. The van der Waals surface area contributed by atoms with Crippen LogP contribution >= 0.6 is 11.3 Å². The van der Waals surface area contributed by atoms with E-state index in [2.05, 4.69) is 9.71 Å². The van der Waals surface area contributed by atoms with E-state index in [4.69, 9.17) is 0 Å². The zero-order valence-corrected chi connectivity index (χ0v) is 24.2. The second kappa shape index (κ2) is 11.6. The van der Waals surface area contributed by atoms with Gasteiger partial charge in [0.2, 0.25) is 10.0 Å². The fourth-order valence-corrected chi connectivity index (χ4v) is 6.22. The van der Waals surface area contributed by atoms with E-state index < -0.39 is 15.6 Å². The maximum atomic E-state index is 13.1. The Balaban J connectivity index is 0.00000204. The van der Waals surface area contributed by atoms with Crippen molar-refractivity contribution in [2.24, 2.45) is 0 Å². The number of sulfonamides is 1. The molecule has 0 spiro atoms. The molecule has 0 saturated heterocycles. The van der Waals surface area contributed by atoms with Gasteiger partial charge in [0.15, 0.2) is 0 Å². The van der Waals surface area contributed by atoms with Crippen LogP contribution in [0.3, 0.4) is 0 Å². The summed E-state index contributed by atoms with van der Waals surface area (Å²) in [5.74, 6) is 0. The van der Waals surface area contributed by atoms with Crippen LogP contribution in [0.5, 0.6) is 0 Å². The van der Waals surface area contributed by atoms with Crippen LogP contribution in [-0.2, 0) is 21.2 Å². The molecule has 3 aromatic carbocycles. The third-order valence-corrected chi connectivity index (χ3v) is 7.70. The van der Waals surface area contributed by atoms with Crippen molar-refractivity contribution in [3.8, 4) is 10.4 Å². The molecule has 0 unspecified atom stereocenters. The number of rotatable bonds is 6. The van der Waals surface area contributed by atoms with Crippen LogP contribution in [0.15, 0.2) is 71.6 Å². The molecule has 34 heavy (non-hydrogen) atoms. The van der Waals surface area contributed by atoms with Crippen LogP contribution in [-0.4, -0.2) is 30.7 Å². The molecule has 4 aromatic rings. The number of hydrogen-bond acceptors (Lipinski definition) is 6. The Morgan fingerprint density at radius 1 is 0.941 bits per heavy atom. The van der Waals surface area contributed by atoms with Crippen molar-refractivity contribution >= 4 is 38.4 Å². The van der Waals surface area contributed by atoms with E-state index in [1.54, 1.807) is 18.2 Å². The van der Waals surface area contributed by atoms with E-state index in [-0.39, 0.29) is 66.8 Å². The molecule has 172 valence electrons. The Kier molecular flexibility index (Phi) is 9.92. The van der Waals surface area contributed by atoms with Crippen molar-refractivity contribution in [1.82, 2.24) is 9.71 Å². The van der Waals surface area contributed by atoms with Gasteiger partial charge in [-0.3, -0.25) is 4.98 Å². The molecule has 6 nitrogen and oxygen atoms in total. The summed E-state index contributed by atoms with van der Waals surface area (Å²) in [4.78, 5) is 16.9. The summed E-state index contributed by atoms with van der Waals surface area (Å²) < 4.78 is 28.9. The van der Waals surface area contributed by atoms with Crippen molar-refractivity contribution in [2.45, 2.75) is 37.6 Å². The third-order valence-electron chi connectivity index (χ3n) is 4.86. The number of thiazole rings is 1. The molecule has 0 amide bonds. The fourth-order valence-electron chi connectivity index (χ4n) is 3.68. The monoisotopic (exact) mass is 519 g/mol. The summed E-state index contributed by atoms with van der Waals surface area (Å²) in [6, 6.07) is 20.7. The number of aromatic nitrogens is 1. The summed E-state index contributed by atoms with van der Waals surface area (Å²) in [6.07, 6.45) is 2.47. The van der Waals surface area contributed by atoms with Crippen LogP contribution in [0.1, 0.15) is 37.0 Å². The minimum absolute atomic E-state index is 0. The van der Waals surface area contributed by atoms with Gasteiger partial charge in [-0.05, 0) is 42.8 Å². The number of fused-ring (bicyclic) bond motifs is 1.